The number of carbonyl (C=O) groups excluding carboxylic acids is 1. The number of benzene rings is 1. The Morgan fingerprint density at radius 1 is 1.45 bits per heavy atom. The Hall–Kier alpha value is -2.21. The van der Waals surface area contributed by atoms with E-state index in [1.807, 2.05) is 19.1 Å². The van der Waals surface area contributed by atoms with Crippen LogP contribution in [0.2, 0.25) is 0 Å². The molecule has 6 nitrogen and oxygen atoms in total. The van der Waals surface area contributed by atoms with E-state index in [1.54, 1.807) is 17.1 Å². The van der Waals surface area contributed by atoms with Crippen molar-refractivity contribution in [1.82, 2.24) is 20.1 Å². The third kappa shape index (κ3) is 3.92. The molecule has 118 valence electrons. The zero-order chi connectivity index (χ0) is 15.9. The van der Waals surface area contributed by atoms with E-state index in [9.17, 15) is 4.79 Å². The fraction of sp³-hybridized carbons (Fsp3) is 0.438. The number of hydrogen-bond acceptors (Lipinski definition) is 4. The van der Waals surface area contributed by atoms with Crippen molar-refractivity contribution >= 4 is 5.91 Å². The molecule has 0 aliphatic rings. The van der Waals surface area contributed by atoms with Gasteiger partial charge in [-0.3, -0.25) is 4.79 Å². The van der Waals surface area contributed by atoms with Crippen molar-refractivity contribution in [1.29, 1.82) is 0 Å². The van der Waals surface area contributed by atoms with Gasteiger partial charge in [0.1, 0.15) is 12.7 Å². The van der Waals surface area contributed by atoms with Crippen molar-refractivity contribution in [3.63, 3.8) is 0 Å². The molecule has 0 spiro atoms. The van der Waals surface area contributed by atoms with Gasteiger partial charge in [-0.05, 0) is 37.1 Å². The Kier molecular flexibility index (Phi) is 5.66. The third-order valence-electron chi connectivity index (χ3n) is 3.65. The maximum atomic E-state index is 12.3. The zero-order valence-corrected chi connectivity index (χ0v) is 13.1. The van der Waals surface area contributed by atoms with Gasteiger partial charge in [-0.25, -0.2) is 9.67 Å². The van der Waals surface area contributed by atoms with E-state index < -0.39 is 0 Å². The van der Waals surface area contributed by atoms with Gasteiger partial charge in [0, 0.05) is 18.2 Å². The number of hydrogen-bond donors (Lipinski definition) is 2. The number of aryl methyl sites for hydroxylation is 1. The van der Waals surface area contributed by atoms with E-state index in [0.717, 1.165) is 30.5 Å². The second-order valence-electron chi connectivity index (χ2n) is 5.39. The lowest BCUT2D eigenvalue weighted by Crippen LogP contribution is -2.40. The lowest BCUT2D eigenvalue weighted by atomic mass is 10.1. The minimum atomic E-state index is -0.0835. The van der Waals surface area contributed by atoms with Crippen LogP contribution in [0.4, 0.5) is 0 Å². The van der Waals surface area contributed by atoms with Crippen LogP contribution in [0.1, 0.15) is 42.1 Å². The zero-order valence-electron chi connectivity index (χ0n) is 13.1. The van der Waals surface area contributed by atoms with Gasteiger partial charge in [-0.1, -0.05) is 19.8 Å². The summed E-state index contributed by atoms with van der Waals surface area (Å²) in [6.07, 6.45) is 6.19. The number of carbonyl (C=O) groups is 1. The molecule has 0 fully saturated rings. The number of aromatic nitrogens is 3. The van der Waals surface area contributed by atoms with Gasteiger partial charge in [0.15, 0.2) is 0 Å². The van der Waals surface area contributed by atoms with Crippen LogP contribution < -0.4 is 11.1 Å². The summed E-state index contributed by atoms with van der Waals surface area (Å²) in [5.41, 5.74) is 8.24. The fourth-order valence-corrected chi connectivity index (χ4v) is 2.35. The van der Waals surface area contributed by atoms with Crippen LogP contribution >= 0.6 is 0 Å². The van der Waals surface area contributed by atoms with Crippen LogP contribution in [-0.4, -0.2) is 33.3 Å². The van der Waals surface area contributed by atoms with Crippen LogP contribution in [0.5, 0.6) is 0 Å². The average Bonchev–Trinajstić information content (AvgIpc) is 3.05. The molecule has 0 saturated carbocycles. The molecule has 1 amide bonds. The number of nitrogens with one attached hydrogen (secondary N) is 1. The molecule has 3 N–H and O–H groups in total. The monoisotopic (exact) mass is 301 g/mol. The van der Waals surface area contributed by atoms with Crippen molar-refractivity contribution in [3.8, 4) is 5.69 Å². The summed E-state index contributed by atoms with van der Waals surface area (Å²) in [5.74, 6) is -0.0835. The van der Waals surface area contributed by atoms with Gasteiger partial charge >= 0.3 is 0 Å². The molecular formula is C16H23N5O. The Balaban J connectivity index is 2.09. The highest BCUT2D eigenvalue weighted by Gasteiger charge is 2.13. The fourth-order valence-electron chi connectivity index (χ4n) is 2.35. The van der Waals surface area contributed by atoms with Crippen LogP contribution in [0.15, 0.2) is 30.9 Å². The van der Waals surface area contributed by atoms with E-state index in [4.69, 9.17) is 5.73 Å². The molecule has 0 saturated heterocycles. The number of rotatable bonds is 7. The number of amides is 1. The normalized spacial score (nSPS) is 12.1. The van der Waals surface area contributed by atoms with Crippen LogP contribution in [0.3, 0.4) is 0 Å². The first-order valence-corrected chi connectivity index (χ1v) is 7.62. The SMILES string of the molecule is CCCCC(CN)NC(=O)c1ccc(-n2cncn2)c(C)c1. The van der Waals surface area contributed by atoms with Gasteiger partial charge in [-0.2, -0.15) is 5.10 Å². The predicted molar refractivity (Wildman–Crippen MR) is 85.9 cm³/mol. The molecule has 2 aromatic rings. The van der Waals surface area contributed by atoms with Gasteiger partial charge in [-0.15, -0.1) is 0 Å². The molecule has 1 heterocycles. The van der Waals surface area contributed by atoms with Crippen molar-refractivity contribution in [2.24, 2.45) is 5.73 Å². The summed E-state index contributed by atoms with van der Waals surface area (Å²) in [7, 11) is 0. The number of unbranched alkanes of at least 4 members (excludes halogenated alkanes) is 1. The van der Waals surface area contributed by atoms with Crippen LogP contribution in [0, 0.1) is 6.92 Å². The van der Waals surface area contributed by atoms with Crippen LogP contribution in [-0.2, 0) is 0 Å². The van der Waals surface area contributed by atoms with E-state index in [0.29, 0.717) is 12.1 Å². The highest BCUT2D eigenvalue weighted by Crippen LogP contribution is 2.15. The topological polar surface area (TPSA) is 85.8 Å². The van der Waals surface area contributed by atoms with Gasteiger partial charge in [0.05, 0.1) is 5.69 Å². The molecule has 1 atom stereocenters. The highest BCUT2D eigenvalue weighted by atomic mass is 16.1. The molecule has 1 aromatic heterocycles. The van der Waals surface area contributed by atoms with E-state index in [-0.39, 0.29) is 11.9 Å². The lowest BCUT2D eigenvalue weighted by molar-refractivity contribution is 0.0935. The van der Waals surface area contributed by atoms with Gasteiger partial charge in [0.2, 0.25) is 0 Å². The van der Waals surface area contributed by atoms with Crippen molar-refractivity contribution < 1.29 is 4.79 Å². The number of nitrogens with two attached hydrogens (primary N) is 1. The standard InChI is InChI=1S/C16H23N5O/c1-3-4-5-14(9-17)20-16(22)13-6-7-15(12(2)8-13)21-11-18-10-19-21/h6-8,10-11,14H,3-5,9,17H2,1-2H3,(H,20,22). The van der Waals surface area contributed by atoms with E-state index in [2.05, 4.69) is 22.3 Å². The maximum absolute atomic E-state index is 12.3. The minimum absolute atomic E-state index is 0.0303. The van der Waals surface area contributed by atoms with E-state index in [1.165, 1.54) is 6.33 Å². The van der Waals surface area contributed by atoms with Crippen LogP contribution in [0.25, 0.3) is 5.69 Å². The summed E-state index contributed by atoms with van der Waals surface area (Å²) < 4.78 is 1.68. The summed E-state index contributed by atoms with van der Waals surface area (Å²) in [4.78, 5) is 16.3. The first kappa shape index (κ1) is 16.2. The number of nitrogens with zero attached hydrogens (tertiary/aromatic N) is 3. The van der Waals surface area contributed by atoms with E-state index >= 15 is 0 Å². The second-order valence-corrected chi connectivity index (χ2v) is 5.39. The first-order chi connectivity index (χ1) is 10.7. The smallest absolute Gasteiger partial charge is 0.251 e. The molecular weight excluding hydrogens is 278 g/mol. The predicted octanol–water partition coefficient (Wildman–Crippen LogP) is 1.82. The van der Waals surface area contributed by atoms with Crippen molar-refractivity contribution in [3.05, 3.63) is 42.0 Å². The second kappa shape index (κ2) is 7.70. The summed E-state index contributed by atoms with van der Waals surface area (Å²) in [6.45, 7) is 4.54. The Labute approximate surface area is 130 Å². The highest BCUT2D eigenvalue weighted by molar-refractivity contribution is 5.94. The Morgan fingerprint density at radius 3 is 2.86 bits per heavy atom. The largest absolute Gasteiger partial charge is 0.348 e. The lowest BCUT2D eigenvalue weighted by Gasteiger charge is -2.17. The molecule has 0 bridgehead atoms. The molecule has 1 aromatic carbocycles. The minimum Gasteiger partial charge on any atom is -0.348 e. The summed E-state index contributed by atoms with van der Waals surface area (Å²) in [6, 6.07) is 5.57. The third-order valence-corrected chi connectivity index (χ3v) is 3.65. The molecule has 0 aliphatic carbocycles. The molecule has 0 radical (unpaired) electrons. The molecule has 0 aliphatic heterocycles. The van der Waals surface area contributed by atoms with Gasteiger partial charge < -0.3 is 11.1 Å². The molecule has 2 rings (SSSR count). The van der Waals surface area contributed by atoms with Crippen molar-refractivity contribution in [2.75, 3.05) is 6.54 Å². The molecule has 22 heavy (non-hydrogen) atoms. The average molecular weight is 301 g/mol. The van der Waals surface area contributed by atoms with Crippen molar-refractivity contribution in [2.45, 2.75) is 39.2 Å². The maximum Gasteiger partial charge on any atom is 0.251 e. The first-order valence-electron chi connectivity index (χ1n) is 7.62. The Morgan fingerprint density at radius 2 is 2.27 bits per heavy atom. The Bertz CT molecular complexity index is 609. The molecule has 6 heteroatoms. The summed E-state index contributed by atoms with van der Waals surface area (Å²) >= 11 is 0. The molecule has 1 unspecified atom stereocenters. The van der Waals surface area contributed by atoms with Gasteiger partial charge in [0.25, 0.3) is 5.91 Å². The summed E-state index contributed by atoms with van der Waals surface area (Å²) in [5, 5.41) is 7.11. The quantitative estimate of drug-likeness (QED) is 0.817.